The van der Waals surface area contributed by atoms with Crippen LogP contribution in [0.5, 0.6) is 0 Å². The third kappa shape index (κ3) is 3.33. The van der Waals surface area contributed by atoms with E-state index in [0.29, 0.717) is 12.8 Å². The van der Waals surface area contributed by atoms with E-state index in [0.717, 1.165) is 16.8 Å². The minimum atomic E-state index is -0.993. The van der Waals surface area contributed by atoms with E-state index in [4.69, 9.17) is 0 Å². The summed E-state index contributed by atoms with van der Waals surface area (Å²) >= 11 is 1.50. The van der Waals surface area contributed by atoms with Crippen LogP contribution in [0.25, 0.3) is 0 Å². The molecule has 1 spiro atoms. The third-order valence-electron chi connectivity index (χ3n) is 7.69. The normalized spacial score (nSPS) is 33.2. The highest BCUT2D eigenvalue weighted by Crippen LogP contribution is 2.71. The van der Waals surface area contributed by atoms with Crippen LogP contribution in [-0.2, 0) is 14.4 Å². The second kappa shape index (κ2) is 8.17. The molecule has 1 aromatic carbocycles. The van der Waals surface area contributed by atoms with Crippen LogP contribution in [-0.4, -0.2) is 67.6 Å². The summed E-state index contributed by atoms with van der Waals surface area (Å²) in [5.41, 5.74) is 2.68. The number of benzene rings is 1. The number of hydrogen-bond acceptors (Lipinski definition) is 5. The van der Waals surface area contributed by atoms with Crippen molar-refractivity contribution in [2.24, 2.45) is 11.8 Å². The predicted octanol–water partition coefficient (Wildman–Crippen LogP) is 2.77. The summed E-state index contributed by atoms with van der Waals surface area (Å²) in [5, 5.41) is 20.0. The Morgan fingerprint density at radius 3 is 2.67 bits per heavy atom. The topological polar surface area (TPSA) is 98.2 Å². The van der Waals surface area contributed by atoms with Gasteiger partial charge in [-0.15, -0.1) is 18.3 Å². The number of aryl methyl sites for hydroxylation is 2. The van der Waals surface area contributed by atoms with E-state index in [1.54, 1.807) is 17.9 Å². The monoisotopic (exact) mass is 472 g/mol. The summed E-state index contributed by atoms with van der Waals surface area (Å²) < 4.78 is -1.42. The fraction of sp³-hybridized carbons (Fsp3) is 0.560. The Hall–Kier alpha value is -2.32. The predicted molar refractivity (Wildman–Crippen MR) is 128 cm³/mol. The minimum Gasteiger partial charge on any atom is -0.481 e. The van der Waals surface area contributed by atoms with E-state index in [2.05, 4.69) is 6.58 Å². The van der Waals surface area contributed by atoms with Gasteiger partial charge in [0.25, 0.3) is 5.91 Å². The molecule has 6 atom stereocenters. The number of aliphatic hydroxyl groups excluding tert-OH is 1. The molecule has 33 heavy (non-hydrogen) atoms. The number of carboxylic acid groups (broad SMARTS) is 1. The number of amides is 2. The maximum atomic E-state index is 14.3. The van der Waals surface area contributed by atoms with Gasteiger partial charge in [-0.25, -0.2) is 0 Å². The molecule has 7 nitrogen and oxygen atoms in total. The molecule has 0 aliphatic carbocycles. The van der Waals surface area contributed by atoms with Gasteiger partial charge < -0.3 is 20.0 Å². The van der Waals surface area contributed by atoms with E-state index < -0.39 is 39.4 Å². The number of thioether (sulfide) groups is 1. The Kier molecular flexibility index (Phi) is 5.90. The SMILES string of the molecule is C=CCN(C(=O)C1N([C@H](C)CO)C(=O)[C@@H]2[C@@H](C(=O)O)[C@@]3(C)CCC12S3)c1cc(C)ccc1C. The van der Waals surface area contributed by atoms with Crippen molar-refractivity contribution in [1.29, 1.82) is 0 Å². The molecule has 0 aromatic heterocycles. The number of anilines is 1. The van der Waals surface area contributed by atoms with Crippen molar-refractivity contribution in [1.82, 2.24) is 4.90 Å². The lowest BCUT2D eigenvalue weighted by Crippen LogP contribution is -2.57. The Morgan fingerprint density at radius 1 is 1.36 bits per heavy atom. The van der Waals surface area contributed by atoms with Crippen molar-refractivity contribution in [3.05, 3.63) is 42.0 Å². The standard InChI is InChI=1S/C25H32N2O5S/c1-6-11-26(17-12-14(2)7-8-15(17)3)22(30)20-25-10-9-24(5,33-25)19(23(31)32)18(25)21(29)27(20)16(4)13-28/h6-8,12,16,18-20,28H,1,9-11,13H2,2-5H3,(H,31,32)/t16-,18+,19+,20?,24-,25?/m1/s1. The summed E-state index contributed by atoms with van der Waals surface area (Å²) in [6.45, 7) is 11.3. The van der Waals surface area contributed by atoms with Crippen LogP contribution >= 0.6 is 11.8 Å². The molecule has 4 rings (SSSR count). The summed E-state index contributed by atoms with van der Waals surface area (Å²) in [6.07, 6.45) is 2.88. The second-order valence-electron chi connectivity index (χ2n) is 9.87. The number of rotatable bonds is 7. The highest BCUT2D eigenvalue weighted by molar-refractivity contribution is 8.02. The van der Waals surface area contributed by atoms with E-state index in [9.17, 15) is 24.6 Å². The Labute approximate surface area is 198 Å². The quantitative estimate of drug-likeness (QED) is 0.592. The van der Waals surface area contributed by atoms with Crippen molar-refractivity contribution in [2.45, 2.75) is 62.1 Å². The maximum Gasteiger partial charge on any atom is 0.308 e. The molecular weight excluding hydrogens is 440 g/mol. The number of likely N-dealkylation sites (tertiary alicyclic amines) is 1. The number of carboxylic acids is 1. The molecule has 3 fully saturated rings. The average molecular weight is 473 g/mol. The summed E-state index contributed by atoms with van der Waals surface area (Å²) in [7, 11) is 0. The molecule has 8 heteroatoms. The molecule has 2 amide bonds. The van der Waals surface area contributed by atoms with Crippen LogP contribution in [0.4, 0.5) is 5.69 Å². The number of hydrogen-bond donors (Lipinski definition) is 2. The fourth-order valence-electron chi connectivity index (χ4n) is 6.18. The van der Waals surface area contributed by atoms with Crippen molar-refractivity contribution in [2.75, 3.05) is 18.1 Å². The number of aliphatic hydroxyl groups is 1. The molecule has 178 valence electrons. The van der Waals surface area contributed by atoms with Gasteiger partial charge in [0.15, 0.2) is 0 Å². The number of carbonyl (C=O) groups excluding carboxylic acids is 2. The largest absolute Gasteiger partial charge is 0.481 e. The second-order valence-corrected chi connectivity index (χ2v) is 11.8. The molecule has 0 radical (unpaired) electrons. The lowest BCUT2D eigenvalue weighted by atomic mass is 9.66. The first-order valence-corrected chi connectivity index (χ1v) is 12.2. The first-order chi connectivity index (χ1) is 15.5. The smallest absolute Gasteiger partial charge is 0.308 e. The minimum absolute atomic E-state index is 0.248. The van der Waals surface area contributed by atoms with Crippen molar-refractivity contribution in [3.8, 4) is 0 Å². The molecule has 3 aliphatic heterocycles. The van der Waals surface area contributed by atoms with Gasteiger partial charge in [-0.05, 0) is 57.7 Å². The van der Waals surface area contributed by atoms with Crippen LogP contribution in [0.1, 0.15) is 37.8 Å². The van der Waals surface area contributed by atoms with Crippen LogP contribution < -0.4 is 4.90 Å². The number of aliphatic carboxylic acids is 1. The Bertz CT molecular complexity index is 1030. The van der Waals surface area contributed by atoms with Gasteiger partial charge in [0.1, 0.15) is 6.04 Å². The Balaban J connectivity index is 1.86. The zero-order chi connectivity index (χ0) is 24.3. The van der Waals surface area contributed by atoms with Crippen LogP contribution in [0, 0.1) is 25.7 Å². The molecule has 3 heterocycles. The fourth-order valence-corrected chi connectivity index (χ4v) is 8.51. The third-order valence-corrected chi connectivity index (χ3v) is 9.67. The van der Waals surface area contributed by atoms with E-state index in [1.807, 2.05) is 39.0 Å². The lowest BCUT2D eigenvalue weighted by molar-refractivity contribution is -0.150. The van der Waals surface area contributed by atoms with Crippen LogP contribution in [0.15, 0.2) is 30.9 Å². The zero-order valence-electron chi connectivity index (χ0n) is 19.6. The maximum absolute atomic E-state index is 14.3. The highest BCUT2D eigenvalue weighted by atomic mass is 32.2. The van der Waals surface area contributed by atoms with Crippen LogP contribution in [0.3, 0.4) is 0 Å². The molecule has 3 aliphatic rings. The molecule has 2 unspecified atom stereocenters. The van der Waals surface area contributed by atoms with Gasteiger partial charge in [-0.2, -0.15) is 0 Å². The number of carbonyl (C=O) groups is 3. The highest BCUT2D eigenvalue weighted by Gasteiger charge is 2.77. The lowest BCUT2D eigenvalue weighted by Gasteiger charge is -2.39. The van der Waals surface area contributed by atoms with Gasteiger partial charge in [-0.3, -0.25) is 14.4 Å². The van der Waals surface area contributed by atoms with E-state index >= 15 is 0 Å². The molecule has 2 N–H and O–H groups in total. The summed E-state index contributed by atoms with van der Waals surface area (Å²) in [6, 6.07) is 4.44. The molecule has 3 saturated heterocycles. The van der Waals surface area contributed by atoms with Gasteiger partial charge in [0.05, 0.1) is 29.2 Å². The van der Waals surface area contributed by atoms with Gasteiger partial charge in [-0.1, -0.05) is 18.2 Å². The molecular formula is C25H32N2O5S. The number of nitrogens with zero attached hydrogens (tertiary/aromatic N) is 2. The molecule has 0 saturated carbocycles. The summed E-state index contributed by atoms with van der Waals surface area (Å²) in [5.74, 6) is -3.22. The Morgan fingerprint density at radius 2 is 2.06 bits per heavy atom. The van der Waals surface area contributed by atoms with Gasteiger partial charge >= 0.3 is 5.97 Å². The summed E-state index contributed by atoms with van der Waals surface area (Å²) in [4.78, 5) is 43.5. The zero-order valence-corrected chi connectivity index (χ0v) is 20.4. The van der Waals surface area contributed by atoms with Crippen LogP contribution in [0.2, 0.25) is 0 Å². The van der Waals surface area contributed by atoms with Crippen molar-refractivity contribution < 1.29 is 24.6 Å². The first-order valence-electron chi connectivity index (χ1n) is 11.4. The van der Waals surface area contributed by atoms with Gasteiger partial charge in [0, 0.05) is 17.0 Å². The van der Waals surface area contributed by atoms with E-state index in [1.165, 1.54) is 16.7 Å². The van der Waals surface area contributed by atoms with Crippen molar-refractivity contribution in [3.63, 3.8) is 0 Å². The van der Waals surface area contributed by atoms with E-state index in [-0.39, 0.29) is 25.0 Å². The molecule has 1 aromatic rings. The van der Waals surface area contributed by atoms with Crippen molar-refractivity contribution >= 4 is 35.2 Å². The first kappa shape index (κ1) is 23.8. The average Bonchev–Trinajstić information content (AvgIpc) is 3.33. The number of fused-ring (bicyclic) bond motifs is 1. The van der Waals surface area contributed by atoms with Gasteiger partial charge in [0.2, 0.25) is 5.91 Å². The molecule has 2 bridgehead atoms.